The highest BCUT2D eigenvalue weighted by Gasteiger charge is 2.32. The van der Waals surface area contributed by atoms with Crippen LogP contribution in [0, 0.1) is 0 Å². The lowest BCUT2D eigenvalue weighted by molar-refractivity contribution is -0.140. The van der Waals surface area contributed by atoms with Gasteiger partial charge in [0.15, 0.2) is 0 Å². The molecule has 2 rings (SSSR count). The first-order chi connectivity index (χ1) is 11.0. The summed E-state index contributed by atoms with van der Waals surface area (Å²) in [5.41, 5.74) is 0.902. The minimum atomic E-state index is -1.59. The molecule has 0 unspecified atom stereocenters. The zero-order chi connectivity index (χ0) is 17.0. The molecule has 0 bridgehead atoms. The first-order valence-corrected chi connectivity index (χ1v) is 6.70. The van der Waals surface area contributed by atoms with Gasteiger partial charge in [-0.05, 0) is 17.6 Å². The molecule has 1 heterocycles. The molecule has 0 saturated heterocycles. The van der Waals surface area contributed by atoms with E-state index >= 15 is 0 Å². The Balaban J connectivity index is 2.46. The Bertz CT molecular complexity index is 627. The Kier molecular flexibility index (Phi) is 5.38. The number of hydrogen-bond acceptors (Lipinski definition) is 8. The zero-order valence-corrected chi connectivity index (χ0v) is 12.7. The molecule has 8 nitrogen and oxygen atoms in total. The molecule has 1 aromatic carbocycles. The monoisotopic (exact) mass is 321 g/mol. The lowest BCUT2D eigenvalue weighted by Crippen LogP contribution is -2.39. The standard InChI is InChI=1S/C14H16BNO7/c1-21-13(17)11-7-23-8-16(12(11)14(18)22-2)10-5-3-9(4-6-10)15(19)20/h3-6,19-20H,7-8H2,1-2H3. The predicted molar refractivity (Wildman–Crippen MR) is 80.6 cm³/mol. The van der Waals surface area contributed by atoms with E-state index in [1.807, 2.05) is 0 Å². The molecule has 0 aliphatic carbocycles. The van der Waals surface area contributed by atoms with Crippen molar-refractivity contribution >= 4 is 30.2 Å². The van der Waals surface area contributed by atoms with Crippen molar-refractivity contribution in [3.8, 4) is 0 Å². The quantitative estimate of drug-likeness (QED) is 0.524. The fourth-order valence-corrected chi connectivity index (χ4v) is 2.17. The number of nitrogens with zero attached hydrogens (tertiary/aromatic N) is 1. The van der Waals surface area contributed by atoms with Crippen molar-refractivity contribution in [1.82, 2.24) is 0 Å². The van der Waals surface area contributed by atoms with Crippen LogP contribution in [0.1, 0.15) is 0 Å². The van der Waals surface area contributed by atoms with Crippen LogP contribution in [-0.4, -0.2) is 56.7 Å². The van der Waals surface area contributed by atoms with Gasteiger partial charge in [-0.15, -0.1) is 0 Å². The molecule has 0 atom stereocenters. The van der Waals surface area contributed by atoms with E-state index in [1.54, 1.807) is 12.1 Å². The van der Waals surface area contributed by atoms with Crippen LogP contribution in [0.3, 0.4) is 0 Å². The molecule has 0 aromatic heterocycles. The molecule has 23 heavy (non-hydrogen) atoms. The molecule has 1 aromatic rings. The third-order valence-corrected chi connectivity index (χ3v) is 3.34. The molecule has 9 heteroatoms. The van der Waals surface area contributed by atoms with Crippen molar-refractivity contribution in [1.29, 1.82) is 0 Å². The third-order valence-electron chi connectivity index (χ3n) is 3.34. The highest BCUT2D eigenvalue weighted by molar-refractivity contribution is 6.58. The van der Waals surface area contributed by atoms with Gasteiger partial charge >= 0.3 is 19.1 Å². The van der Waals surface area contributed by atoms with E-state index in [9.17, 15) is 9.59 Å². The van der Waals surface area contributed by atoms with Crippen LogP contribution in [0.4, 0.5) is 5.69 Å². The molecule has 0 spiro atoms. The summed E-state index contributed by atoms with van der Waals surface area (Å²) in [5.74, 6) is -1.38. The Morgan fingerprint density at radius 2 is 1.74 bits per heavy atom. The summed E-state index contributed by atoms with van der Waals surface area (Å²) < 4.78 is 14.8. The van der Waals surface area contributed by atoms with Crippen LogP contribution in [0.15, 0.2) is 35.5 Å². The van der Waals surface area contributed by atoms with Gasteiger partial charge < -0.3 is 29.2 Å². The molecular weight excluding hydrogens is 305 g/mol. The average molecular weight is 321 g/mol. The van der Waals surface area contributed by atoms with E-state index in [-0.39, 0.29) is 24.6 Å². The maximum Gasteiger partial charge on any atom is 0.488 e. The van der Waals surface area contributed by atoms with E-state index in [2.05, 4.69) is 4.74 Å². The Labute approximate surface area is 133 Å². The van der Waals surface area contributed by atoms with E-state index in [4.69, 9.17) is 19.5 Å². The first kappa shape index (κ1) is 17.0. The number of methoxy groups -OCH3 is 2. The maximum absolute atomic E-state index is 12.1. The summed E-state index contributed by atoms with van der Waals surface area (Å²) in [4.78, 5) is 25.4. The number of carbonyl (C=O) groups is 2. The second-order valence-electron chi connectivity index (χ2n) is 4.68. The van der Waals surface area contributed by atoms with Crippen LogP contribution in [0.5, 0.6) is 0 Å². The first-order valence-electron chi connectivity index (χ1n) is 6.70. The van der Waals surface area contributed by atoms with Gasteiger partial charge in [0.1, 0.15) is 12.4 Å². The molecule has 0 radical (unpaired) electrons. The normalized spacial score (nSPS) is 14.5. The minimum Gasteiger partial charge on any atom is -0.466 e. The number of carbonyl (C=O) groups excluding carboxylic acids is 2. The van der Waals surface area contributed by atoms with E-state index in [0.717, 1.165) is 0 Å². The number of ether oxygens (including phenoxy) is 3. The maximum atomic E-state index is 12.1. The predicted octanol–water partition coefficient (Wildman–Crippen LogP) is -1.24. The van der Waals surface area contributed by atoms with Gasteiger partial charge in [-0.3, -0.25) is 0 Å². The fourth-order valence-electron chi connectivity index (χ4n) is 2.17. The summed E-state index contributed by atoms with van der Waals surface area (Å²) in [5, 5.41) is 18.2. The van der Waals surface area contributed by atoms with Crippen molar-refractivity contribution in [3.05, 3.63) is 35.5 Å². The van der Waals surface area contributed by atoms with Gasteiger partial charge in [0.2, 0.25) is 0 Å². The van der Waals surface area contributed by atoms with Gasteiger partial charge in [-0.2, -0.15) is 0 Å². The molecular formula is C14H16BNO7. The number of rotatable bonds is 4. The van der Waals surface area contributed by atoms with E-state index in [1.165, 1.54) is 31.3 Å². The lowest BCUT2D eigenvalue weighted by Gasteiger charge is -2.31. The molecule has 0 fully saturated rings. The van der Waals surface area contributed by atoms with Crippen molar-refractivity contribution < 1.29 is 33.8 Å². The highest BCUT2D eigenvalue weighted by Crippen LogP contribution is 2.26. The van der Waals surface area contributed by atoms with Crippen molar-refractivity contribution in [2.45, 2.75) is 0 Å². The average Bonchev–Trinajstić information content (AvgIpc) is 2.59. The smallest absolute Gasteiger partial charge is 0.466 e. The second-order valence-corrected chi connectivity index (χ2v) is 4.68. The van der Waals surface area contributed by atoms with Gasteiger partial charge in [0.25, 0.3) is 0 Å². The Hall–Kier alpha value is -2.36. The van der Waals surface area contributed by atoms with Crippen molar-refractivity contribution in [3.63, 3.8) is 0 Å². The highest BCUT2D eigenvalue weighted by atomic mass is 16.5. The van der Waals surface area contributed by atoms with Gasteiger partial charge in [-0.25, -0.2) is 9.59 Å². The number of benzene rings is 1. The summed E-state index contributed by atoms with van der Waals surface area (Å²) in [6.07, 6.45) is 0. The van der Waals surface area contributed by atoms with E-state index in [0.29, 0.717) is 11.2 Å². The largest absolute Gasteiger partial charge is 0.488 e. The SMILES string of the molecule is COC(=O)C1=C(C(=O)OC)N(c2ccc(B(O)O)cc2)COC1. The molecule has 122 valence electrons. The van der Waals surface area contributed by atoms with Crippen molar-refractivity contribution in [2.24, 2.45) is 0 Å². The summed E-state index contributed by atoms with van der Waals surface area (Å²) in [7, 11) is 0.826. The van der Waals surface area contributed by atoms with Crippen LogP contribution in [0.25, 0.3) is 0 Å². The molecule has 0 amide bonds. The topological polar surface area (TPSA) is 106 Å². The number of hydrogen-bond donors (Lipinski definition) is 2. The van der Waals surface area contributed by atoms with Crippen LogP contribution in [-0.2, 0) is 23.8 Å². The number of esters is 2. The second kappa shape index (κ2) is 7.27. The van der Waals surface area contributed by atoms with Crippen molar-refractivity contribution in [2.75, 3.05) is 32.5 Å². The minimum absolute atomic E-state index is 0.0305. The van der Waals surface area contributed by atoms with Gasteiger partial charge in [0.05, 0.1) is 26.4 Å². The van der Waals surface area contributed by atoms with Crippen LogP contribution >= 0.6 is 0 Å². The van der Waals surface area contributed by atoms with Crippen LogP contribution < -0.4 is 10.4 Å². The van der Waals surface area contributed by atoms with E-state index < -0.39 is 19.1 Å². The van der Waals surface area contributed by atoms with Gasteiger partial charge in [0, 0.05) is 5.69 Å². The Morgan fingerprint density at radius 1 is 1.13 bits per heavy atom. The molecule has 2 N–H and O–H groups in total. The summed E-state index contributed by atoms with van der Waals surface area (Å²) in [6, 6.07) is 6.12. The third kappa shape index (κ3) is 3.53. The number of anilines is 1. The van der Waals surface area contributed by atoms with Crippen LogP contribution in [0.2, 0.25) is 0 Å². The molecule has 0 saturated carbocycles. The summed E-state index contributed by atoms with van der Waals surface area (Å²) in [6.45, 7) is -0.0347. The lowest BCUT2D eigenvalue weighted by atomic mass is 9.80. The zero-order valence-electron chi connectivity index (χ0n) is 12.7. The van der Waals surface area contributed by atoms with Gasteiger partial charge in [-0.1, -0.05) is 12.1 Å². The Morgan fingerprint density at radius 3 is 2.26 bits per heavy atom. The summed E-state index contributed by atoms with van der Waals surface area (Å²) >= 11 is 0. The fraction of sp³-hybridized carbons (Fsp3) is 0.286. The molecule has 1 aliphatic rings. The molecule has 1 aliphatic heterocycles.